The van der Waals surface area contributed by atoms with Crippen molar-refractivity contribution in [1.29, 1.82) is 0 Å². The first-order chi connectivity index (χ1) is 17.0. The number of aromatic amines is 1. The maximum absolute atomic E-state index is 14.6. The second-order valence-corrected chi connectivity index (χ2v) is 8.98. The van der Waals surface area contributed by atoms with Gasteiger partial charge in [0.05, 0.1) is 19.3 Å². The van der Waals surface area contributed by atoms with E-state index in [1.54, 1.807) is 6.08 Å². The Morgan fingerprint density at radius 1 is 1.34 bits per heavy atom. The molecule has 35 heavy (non-hydrogen) atoms. The molecular weight excluding hydrogens is 453 g/mol. The third kappa shape index (κ3) is 8.88. The number of rotatable bonds is 10. The number of aliphatic hydroxyl groups is 1. The quantitative estimate of drug-likeness (QED) is 0.240. The van der Waals surface area contributed by atoms with Crippen LogP contribution in [0.4, 0.5) is 4.39 Å². The number of aromatic nitrogens is 1. The van der Waals surface area contributed by atoms with Crippen LogP contribution in [0, 0.1) is 6.92 Å². The number of H-pyrrole nitrogens is 1. The molecule has 9 nitrogen and oxygen atoms in total. The summed E-state index contributed by atoms with van der Waals surface area (Å²) >= 11 is 0. The highest BCUT2D eigenvalue weighted by molar-refractivity contribution is 6.00. The lowest BCUT2D eigenvalue weighted by Gasteiger charge is -2.26. The molecule has 3 rings (SSSR count). The number of hydrogen-bond acceptors (Lipinski definition) is 6. The first-order valence-corrected chi connectivity index (χ1v) is 12.4. The van der Waals surface area contributed by atoms with Crippen molar-refractivity contribution in [3.63, 3.8) is 0 Å². The van der Waals surface area contributed by atoms with Crippen molar-refractivity contribution < 1.29 is 23.8 Å². The lowest BCUT2D eigenvalue weighted by atomic mass is 10.1. The van der Waals surface area contributed by atoms with Crippen LogP contribution in [0.2, 0.25) is 0 Å². The largest absolute Gasteiger partial charge is 0.387 e. The van der Waals surface area contributed by atoms with Crippen LogP contribution in [-0.2, 0) is 20.7 Å². The molecule has 0 saturated carbocycles. The van der Waals surface area contributed by atoms with Crippen molar-refractivity contribution in [2.24, 2.45) is 0 Å². The number of halogens is 1. The van der Waals surface area contributed by atoms with E-state index in [1.165, 1.54) is 12.2 Å². The van der Waals surface area contributed by atoms with Gasteiger partial charge in [0, 0.05) is 43.1 Å². The van der Waals surface area contributed by atoms with E-state index >= 15 is 0 Å². The second kappa shape index (κ2) is 14.1. The molecule has 0 aliphatic carbocycles. The molecular formula is C25H38FN5O4. The summed E-state index contributed by atoms with van der Waals surface area (Å²) in [5.41, 5.74) is 3.21. The van der Waals surface area contributed by atoms with Crippen LogP contribution in [0.3, 0.4) is 0 Å². The molecule has 5 N–H and O–H groups in total. The zero-order valence-electron chi connectivity index (χ0n) is 20.4. The highest BCUT2D eigenvalue weighted by atomic mass is 19.1. The number of nitrogens with zero attached hydrogens (tertiary/aromatic N) is 1. The number of carbonyl (C=O) groups is 2. The number of aliphatic hydroxyl groups excluding tert-OH is 1. The fraction of sp³-hybridized carbons (Fsp3) is 0.600. The van der Waals surface area contributed by atoms with E-state index in [2.05, 4.69) is 31.9 Å². The van der Waals surface area contributed by atoms with Crippen molar-refractivity contribution in [3.8, 4) is 0 Å². The van der Waals surface area contributed by atoms with E-state index in [0.29, 0.717) is 5.57 Å². The van der Waals surface area contributed by atoms with Crippen molar-refractivity contribution in [2.75, 3.05) is 59.1 Å². The monoisotopic (exact) mass is 491 g/mol. The minimum atomic E-state index is -1.48. The normalized spacial score (nSPS) is 23.9. The Kier molecular flexibility index (Phi) is 10.9. The zero-order chi connectivity index (χ0) is 25.0. The van der Waals surface area contributed by atoms with Gasteiger partial charge < -0.3 is 30.8 Å². The molecule has 1 aromatic heterocycles. The number of aryl methyl sites for hydroxylation is 1. The van der Waals surface area contributed by atoms with Crippen LogP contribution >= 0.6 is 0 Å². The van der Waals surface area contributed by atoms with E-state index in [1.807, 2.05) is 6.92 Å². The van der Waals surface area contributed by atoms with E-state index in [4.69, 9.17) is 9.84 Å². The molecule has 1 fully saturated rings. The van der Waals surface area contributed by atoms with E-state index in [-0.39, 0.29) is 18.9 Å². The number of amides is 2. The molecule has 0 spiro atoms. The van der Waals surface area contributed by atoms with Gasteiger partial charge in [0.25, 0.3) is 5.91 Å². The van der Waals surface area contributed by atoms with Crippen LogP contribution in [0.5, 0.6) is 0 Å². The maximum Gasteiger partial charge on any atom is 0.251 e. The highest BCUT2D eigenvalue weighted by Crippen LogP contribution is 2.17. The molecule has 0 aromatic carbocycles. The Bertz CT molecular complexity index is 894. The lowest BCUT2D eigenvalue weighted by molar-refractivity contribution is -0.124. The van der Waals surface area contributed by atoms with Crippen molar-refractivity contribution >= 4 is 17.9 Å². The van der Waals surface area contributed by atoms with Gasteiger partial charge in [-0.15, -0.1) is 0 Å². The third-order valence-corrected chi connectivity index (χ3v) is 6.25. The number of alkyl halides is 1. The summed E-state index contributed by atoms with van der Waals surface area (Å²) in [6.45, 7) is 8.05. The molecule has 0 bridgehead atoms. The molecule has 194 valence electrons. The summed E-state index contributed by atoms with van der Waals surface area (Å²) in [5.74, 6) is -0.950. The number of hydrogen-bond donors (Lipinski definition) is 5. The standard InChI is InChI=1S/C25H38FN5O4/c1-18-15-20(5-8-27-7-2-10-31-11-13-35-14-12-31)29-23(18)16-19-3-4-21(26)22(30-24(33)17-32)6-9-28-25(19)34/h3-4,15-16,21-22,27,29,32H,2,5-14,17H2,1H3,(H,28,34)(H,30,33)/b4-3+,19-16-. The van der Waals surface area contributed by atoms with E-state index in [0.717, 1.165) is 75.7 Å². The van der Waals surface area contributed by atoms with Crippen LogP contribution in [0.25, 0.3) is 6.08 Å². The number of nitrogens with one attached hydrogen (secondary N) is 4. The third-order valence-electron chi connectivity index (χ3n) is 6.25. The first-order valence-electron chi connectivity index (χ1n) is 12.4. The van der Waals surface area contributed by atoms with Gasteiger partial charge in [0.2, 0.25) is 5.91 Å². The fourth-order valence-corrected chi connectivity index (χ4v) is 4.21. The molecule has 0 radical (unpaired) electrons. The van der Waals surface area contributed by atoms with E-state index < -0.39 is 24.7 Å². The Morgan fingerprint density at radius 3 is 2.91 bits per heavy atom. The molecule has 2 unspecified atom stereocenters. The molecule has 2 atom stereocenters. The summed E-state index contributed by atoms with van der Waals surface area (Å²) < 4.78 is 20.0. The van der Waals surface area contributed by atoms with Crippen LogP contribution < -0.4 is 16.0 Å². The van der Waals surface area contributed by atoms with Gasteiger partial charge in [-0.05, 0) is 63.1 Å². The fourth-order valence-electron chi connectivity index (χ4n) is 4.21. The summed E-state index contributed by atoms with van der Waals surface area (Å²) in [4.78, 5) is 29.8. The van der Waals surface area contributed by atoms with Crippen LogP contribution in [-0.4, -0.2) is 98.1 Å². The lowest BCUT2D eigenvalue weighted by Crippen LogP contribution is -2.43. The van der Waals surface area contributed by atoms with Gasteiger partial charge in [0.15, 0.2) is 0 Å². The Balaban J connectivity index is 1.52. The minimum absolute atomic E-state index is 0.209. The minimum Gasteiger partial charge on any atom is -0.387 e. The number of ether oxygens (including phenoxy) is 1. The predicted octanol–water partition coefficient (Wildman–Crippen LogP) is 0.452. The Hall–Kier alpha value is -2.53. The summed E-state index contributed by atoms with van der Waals surface area (Å²) in [6.07, 6.45) is 5.13. The molecule has 2 aliphatic heterocycles. The average Bonchev–Trinajstić information content (AvgIpc) is 3.23. The van der Waals surface area contributed by atoms with Crippen LogP contribution in [0.1, 0.15) is 29.8 Å². The van der Waals surface area contributed by atoms with E-state index in [9.17, 15) is 14.0 Å². The van der Waals surface area contributed by atoms with Gasteiger partial charge in [-0.3, -0.25) is 14.5 Å². The van der Waals surface area contributed by atoms with Crippen molar-refractivity contribution in [3.05, 3.63) is 40.7 Å². The predicted molar refractivity (Wildman–Crippen MR) is 133 cm³/mol. The Morgan fingerprint density at radius 2 is 2.14 bits per heavy atom. The summed E-state index contributed by atoms with van der Waals surface area (Å²) in [7, 11) is 0. The summed E-state index contributed by atoms with van der Waals surface area (Å²) in [5, 5.41) is 17.6. The van der Waals surface area contributed by atoms with Gasteiger partial charge in [-0.25, -0.2) is 4.39 Å². The number of carbonyl (C=O) groups excluding carboxylic acids is 2. The van der Waals surface area contributed by atoms with Gasteiger partial charge >= 0.3 is 0 Å². The van der Waals surface area contributed by atoms with Gasteiger partial charge in [-0.2, -0.15) is 0 Å². The topological polar surface area (TPSA) is 119 Å². The average molecular weight is 492 g/mol. The molecule has 3 heterocycles. The van der Waals surface area contributed by atoms with Crippen LogP contribution in [0.15, 0.2) is 23.8 Å². The second-order valence-electron chi connectivity index (χ2n) is 8.98. The molecule has 10 heteroatoms. The molecule has 2 amide bonds. The molecule has 2 aliphatic rings. The molecule has 1 aromatic rings. The number of morpholine rings is 1. The highest BCUT2D eigenvalue weighted by Gasteiger charge is 2.23. The first kappa shape index (κ1) is 27.1. The smallest absolute Gasteiger partial charge is 0.251 e. The van der Waals surface area contributed by atoms with Gasteiger partial charge in [0.1, 0.15) is 12.8 Å². The Labute approximate surface area is 206 Å². The van der Waals surface area contributed by atoms with Crippen molar-refractivity contribution in [2.45, 2.75) is 38.4 Å². The van der Waals surface area contributed by atoms with Crippen molar-refractivity contribution in [1.82, 2.24) is 25.8 Å². The zero-order valence-corrected chi connectivity index (χ0v) is 20.4. The molecule has 1 saturated heterocycles. The SMILES string of the molecule is Cc1cc(CCNCCCN2CCOCC2)[nH]c1/C=C1/C=C/C(F)C(NC(=O)CO)CCNC1=O. The van der Waals surface area contributed by atoms with Gasteiger partial charge in [-0.1, -0.05) is 6.08 Å². The maximum atomic E-state index is 14.6. The summed E-state index contributed by atoms with van der Waals surface area (Å²) in [6, 6.07) is 1.25.